The van der Waals surface area contributed by atoms with Crippen molar-refractivity contribution in [2.45, 2.75) is 19.9 Å². The second-order valence-electron chi connectivity index (χ2n) is 7.35. The van der Waals surface area contributed by atoms with Crippen LogP contribution in [0.15, 0.2) is 72.0 Å². The molecule has 0 aliphatic carbocycles. The van der Waals surface area contributed by atoms with Gasteiger partial charge < -0.3 is 14.9 Å². The summed E-state index contributed by atoms with van der Waals surface area (Å²) < 4.78 is 13.5. The van der Waals surface area contributed by atoms with Gasteiger partial charge in [0.25, 0.3) is 5.91 Å². The van der Waals surface area contributed by atoms with Crippen LogP contribution in [-0.2, 0) is 9.59 Å². The van der Waals surface area contributed by atoms with Crippen LogP contribution in [0.2, 0.25) is 0 Å². The minimum atomic E-state index is -0.767. The predicted molar refractivity (Wildman–Crippen MR) is 119 cm³/mol. The number of nitrogens with zero attached hydrogens (tertiary/aromatic N) is 2. The maximum Gasteiger partial charge on any atom is 0.290 e. The fourth-order valence-corrected chi connectivity index (χ4v) is 3.74. The molecule has 1 aliphatic rings. The Labute approximate surface area is 182 Å². The van der Waals surface area contributed by atoms with Crippen molar-refractivity contribution in [2.75, 3.05) is 26.2 Å². The van der Waals surface area contributed by atoms with E-state index in [1.54, 1.807) is 18.2 Å². The monoisotopic (exact) mass is 422 g/mol. The summed E-state index contributed by atoms with van der Waals surface area (Å²) in [5.41, 5.74) is 1.43. The van der Waals surface area contributed by atoms with Gasteiger partial charge in [0.15, 0.2) is 11.5 Å². The number of aliphatic hydroxyl groups is 1. The van der Waals surface area contributed by atoms with Gasteiger partial charge in [0.05, 0.1) is 11.6 Å². The molecule has 5 nitrogen and oxygen atoms in total. The topological polar surface area (TPSA) is 60.9 Å². The molecule has 0 fully saturated rings. The van der Waals surface area contributed by atoms with Gasteiger partial charge in [0.2, 0.25) is 0 Å². The number of hydrogen-bond acceptors (Lipinski definition) is 4. The Bertz CT molecular complexity index is 980. The van der Waals surface area contributed by atoms with E-state index >= 15 is 0 Å². The van der Waals surface area contributed by atoms with Crippen LogP contribution in [0.1, 0.15) is 31.0 Å². The molecule has 162 valence electrons. The normalized spacial score (nSPS) is 16.7. The zero-order valence-corrected chi connectivity index (χ0v) is 17.8. The molecule has 0 radical (unpaired) electrons. The zero-order valence-electron chi connectivity index (χ0n) is 17.8. The molecule has 1 N–H and O–H groups in total. The third-order valence-corrected chi connectivity index (χ3v) is 5.53. The first kappa shape index (κ1) is 22.4. The molecule has 3 rings (SSSR count). The highest BCUT2D eigenvalue weighted by molar-refractivity contribution is 6.14. The molecule has 1 atom stereocenters. The molecule has 0 saturated heterocycles. The number of amides is 1. The van der Waals surface area contributed by atoms with E-state index in [2.05, 4.69) is 4.90 Å². The Morgan fingerprint density at radius 2 is 1.74 bits per heavy atom. The maximum atomic E-state index is 13.5. The van der Waals surface area contributed by atoms with Gasteiger partial charge in [0.1, 0.15) is 5.82 Å². The van der Waals surface area contributed by atoms with E-state index in [0.717, 1.165) is 18.7 Å². The van der Waals surface area contributed by atoms with Crippen LogP contribution in [0.25, 0.3) is 6.08 Å². The lowest BCUT2D eigenvalue weighted by Gasteiger charge is -2.29. The first-order valence-corrected chi connectivity index (χ1v) is 10.5. The van der Waals surface area contributed by atoms with Crippen molar-refractivity contribution in [3.63, 3.8) is 0 Å². The molecule has 0 unspecified atom stereocenters. The number of carbonyl (C=O) groups is 2. The van der Waals surface area contributed by atoms with Gasteiger partial charge in [-0.2, -0.15) is 0 Å². The molecule has 1 heterocycles. The van der Waals surface area contributed by atoms with Crippen LogP contribution in [-0.4, -0.2) is 52.8 Å². The second-order valence-corrected chi connectivity index (χ2v) is 7.35. The predicted octanol–water partition coefficient (Wildman–Crippen LogP) is 4.15. The Balaban J connectivity index is 1.94. The van der Waals surface area contributed by atoms with Crippen molar-refractivity contribution in [1.82, 2.24) is 9.80 Å². The van der Waals surface area contributed by atoms with Crippen LogP contribution in [0.4, 0.5) is 4.39 Å². The summed E-state index contributed by atoms with van der Waals surface area (Å²) in [5.74, 6) is -1.99. The summed E-state index contributed by atoms with van der Waals surface area (Å²) >= 11 is 0. The standard InChI is InChI=1S/C25H27FN2O3/c1-3-27(4-2)16-17-28-23(19-11-13-20(26)14-12-19)22(24(30)25(28)31)21(29)15-10-18-8-6-5-7-9-18/h5-15,23,30H,3-4,16-17H2,1-2H3/b15-10+/t23-/m0/s1. The smallest absolute Gasteiger partial charge is 0.290 e. The highest BCUT2D eigenvalue weighted by Crippen LogP contribution is 2.37. The number of aliphatic hydroxyl groups excluding tert-OH is 1. The van der Waals surface area contributed by atoms with E-state index in [0.29, 0.717) is 18.7 Å². The molecule has 2 aromatic rings. The minimum absolute atomic E-state index is 0.0170. The largest absolute Gasteiger partial charge is 0.503 e. The van der Waals surface area contributed by atoms with Crippen LogP contribution < -0.4 is 0 Å². The van der Waals surface area contributed by atoms with E-state index in [1.165, 1.54) is 23.1 Å². The molecule has 0 spiro atoms. The molecular formula is C25H27FN2O3. The van der Waals surface area contributed by atoms with Gasteiger partial charge in [-0.1, -0.05) is 62.4 Å². The average Bonchev–Trinajstić information content (AvgIpc) is 3.04. The first-order valence-electron chi connectivity index (χ1n) is 10.5. The molecule has 1 amide bonds. The first-order chi connectivity index (χ1) is 15.0. The number of carbonyl (C=O) groups excluding carboxylic acids is 2. The summed E-state index contributed by atoms with van der Waals surface area (Å²) in [5, 5.41) is 10.6. The SMILES string of the molecule is CCN(CC)CCN1C(=O)C(O)=C(C(=O)/C=C/c2ccccc2)[C@@H]1c1ccc(F)cc1. The van der Waals surface area contributed by atoms with Gasteiger partial charge in [0, 0.05) is 13.1 Å². The summed E-state index contributed by atoms with van der Waals surface area (Å²) in [6, 6.07) is 14.2. The number of rotatable bonds is 9. The fraction of sp³-hybridized carbons (Fsp3) is 0.280. The van der Waals surface area contributed by atoms with Crippen LogP contribution in [0.5, 0.6) is 0 Å². The van der Waals surface area contributed by atoms with Gasteiger partial charge in [-0.3, -0.25) is 9.59 Å². The molecule has 0 aromatic heterocycles. The van der Waals surface area contributed by atoms with E-state index in [9.17, 15) is 19.1 Å². The number of benzene rings is 2. The molecule has 0 bridgehead atoms. The zero-order chi connectivity index (χ0) is 22.4. The van der Waals surface area contributed by atoms with E-state index in [-0.39, 0.29) is 5.57 Å². The van der Waals surface area contributed by atoms with Crippen molar-refractivity contribution in [2.24, 2.45) is 0 Å². The number of allylic oxidation sites excluding steroid dienone is 1. The quantitative estimate of drug-likeness (QED) is 0.617. The molecule has 1 aliphatic heterocycles. The van der Waals surface area contributed by atoms with Crippen molar-refractivity contribution >= 4 is 17.8 Å². The number of likely N-dealkylation sites (N-methyl/N-ethyl adjacent to an activating group) is 1. The van der Waals surface area contributed by atoms with Gasteiger partial charge >= 0.3 is 0 Å². The molecule has 0 saturated carbocycles. The van der Waals surface area contributed by atoms with Crippen LogP contribution in [0, 0.1) is 5.82 Å². The number of halogens is 1. The molecule has 2 aromatic carbocycles. The summed E-state index contributed by atoms with van der Waals surface area (Å²) in [6.07, 6.45) is 3.01. The van der Waals surface area contributed by atoms with Crippen molar-refractivity contribution in [3.8, 4) is 0 Å². The third kappa shape index (κ3) is 5.09. The lowest BCUT2D eigenvalue weighted by atomic mass is 9.95. The molecule has 6 heteroatoms. The van der Waals surface area contributed by atoms with Gasteiger partial charge in [-0.05, 0) is 42.4 Å². The lowest BCUT2D eigenvalue weighted by Crippen LogP contribution is -2.38. The molecular weight excluding hydrogens is 395 g/mol. The molecule has 31 heavy (non-hydrogen) atoms. The van der Waals surface area contributed by atoms with Crippen LogP contribution >= 0.6 is 0 Å². The van der Waals surface area contributed by atoms with Crippen molar-refractivity contribution in [1.29, 1.82) is 0 Å². The Morgan fingerprint density at radius 3 is 2.35 bits per heavy atom. The Morgan fingerprint density at radius 1 is 1.10 bits per heavy atom. The van der Waals surface area contributed by atoms with Gasteiger partial charge in [-0.15, -0.1) is 0 Å². The minimum Gasteiger partial charge on any atom is -0.503 e. The summed E-state index contributed by atoms with van der Waals surface area (Å²) in [7, 11) is 0. The number of hydrogen-bond donors (Lipinski definition) is 1. The van der Waals surface area contributed by atoms with Gasteiger partial charge in [-0.25, -0.2) is 4.39 Å². The Kier molecular flexibility index (Phi) is 7.36. The highest BCUT2D eigenvalue weighted by atomic mass is 19.1. The number of ketones is 1. The highest BCUT2D eigenvalue weighted by Gasteiger charge is 2.42. The maximum absolute atomic E-state index is 13.5. The van der Waals surface area contributed by atoms with Crippen molar-refractivity contribution < 1.29 is 19.1 Å². The summed E-state index contributed by atoms with van der Waals surface area (Å²) in [4.78, 5) is 29.6. The van der Waals surface area contributed by atoms with E-state index in [4.69, 9.17) is 0 Å². The van der Waals surface area contributed by atoms with E-state index in [1.807, 2.05) is 44.2 Å². The summed E-state index contributed by atoms with van der Waals surface area (Å²) in [6.45, 7) is 6.66. The van der Waals surface area contributed by atoms with Crippen molar-refractivity contribution in [3.05, 3.63) is 88.9 Å². The van der Waals surface area contributed by atoms with E-state index < -0.39 is 29.3 Å². The third-order valence-electron chi connectivity index (χ3n) is 5.53. The average molecular weight is 423 g/mol. The lowest BCUT2D eigenvalue weighted by molar-refractivity contribution is -0.129. The Hall–Kier alpha value is -3.25. The second kappa shape index (κ2) is 10.2. The van der Waals surface area contributed by atoms with Crippen LogP contribution in [0.3, 0.4) is 0 Å². The fourth-order valence-electron chi connectivity index (χ4n) is 3.74.